The standard InChI is InChI=1S/C17H22F2N2O2.ClH/c18-17(19)8-7-15(20)12(10-17)11-23-14-5-3-13(4-6-14)21-9-1-2-16(21)22;/h3-6,12,15H,1-2,7-11,20H2;1H/t12-,15+;/m1./s1. The van der Waals surface area contributed by atoms with Gasteiger partial charge in [-0.15, -0.1) is 12.4 Å². The first-order chi connectivity index (χ1) is 10.9. The molecule has 1 aromatic carbocycles. The largest absolute Gasteiger partial charge is 0.493 e. The summed E-state index contributed by atoms with van der Waals surface area (Å²) in [4.78, 5) is 13.5. The first-order valence-electron chi connectivity index (χ1n) is 8.11. The summed E-state index contributed by atoms with van der Waals surface area (Å²) in [5.74, 6) is -2.22. The SMILES string of the molecule is Cl.N[C@H]1CCC(F)(F)C[C@@H]1COc1ccc(N2CCCC2=O)cc1. The molecule has 0 radical (unpaired) electrons. The second-order valence-corrected chi connectivity index (χ2v) is 6.48. The van der Waals surface area contributed by atoms with Crippen molar-refractivity contribution < 1.29 is 18.3 Å². The lowest BCUT2D eigenvalue weighted by Crippen LogP contribution is -2.43. The minimum atomic E-state index is -2.64. The van der Waals surface area contributed by atoms with E-state index in [-0.39, 0.29) is 49.7 Å². The van der Waals surface area contributed by atoms with E-state index in [4.69, 9.17) is 10.5 Å². The van der Waals surface area contributed by atoms with Gasteiger partial charge in [-0.3, -0.25) is 4.79 Å². The smallest absolute Gasteiger partial charge is 0.248 e. The lowest BCUT2D eigenvalue weighted by molar-refractivity contribution is -0.117. The summed E-state index contributed by atoms with van der Waals surface area (Å²) >= 11 is 0. The fourth-order valence-corrected chi connectivity index (χ4v) is 3.28. The number of nitrogens with zero attached hydrogens (tertiary/aromatic N) is 1. The zero-order valence-corrected chi connectivity index (χ0v) is 14.2. The van der Waals surface area contributed by atoms with Gasteiger partial charge in [-0.2, -0.15) is 0 Å². The average molecular weight is 361 g/mol. The fourth-order valence-electron chi connectivity index (χ4n) is 3.28. The van der Waals surface area contributed by atoms with Crippen LogP contribution in [0.1, 0.15) is 32.1 Å². The second kappa shape index (κ2) is 7.66. The molecule has 3 rings (SSSR count). The molecule has 0 aromatic heterocycles. The van der Waals surface area contributed by atoms with E-state index in [1.807, 2.05) is 12.1 Å². The zero-order chi connectivity index (χ0) is 16.4. The number of benzene rings is 1. The molecule has 4 nitrogen and oxygen atoms in total. The van der Waals surface area contributed by atoms with E-state index in [1.54, 1.807) is 17.0 Å². The number of rotatable bonds is 4. The molecule has 2 atom stereocenters. The Morgan fingerprint density at radius 3 is 2.62 bits per heavy atom. The summed E-state index contributed by atoms with van der Waals surface area (Å²) in [5, 5.41) is 0. The van der Waals surface area contributed by atoms with E-state index in [1.165, 1.54) is 0 Å². The molecular formula is C17H23ClF2N2O2. The van der Waals surface area contributed by atoms with Gasteiger partial charge in [-0.1, -0.05) is 0 Å². The highest BCUT2D eigenvalue weighted by Gasteiger charge is 2.40. The summed E-state index contributed by atoms with van der Waals surface area (Å²) < 4.78 is 32.6. The number of halogens is 3. The maximum absolute atomic E-state index is 13.5. The third-order valence-electron chi connectivity index (χ3n) is 4.70. The Labute approximate surface area is 146 Å². The van der Waals surface area contributed by atoms with Crippen LogP contribution in [-0.2, 0) is 4.79 Å². The van der Waals surface area contributed by atoms with E-state index >= 15 is 0 Å². The second-order valence-electron chi connectivity index (χ2n) is 6.48. The Kier molecular flexibility index (Phi) is 6.04. The summed E-state index contributed by atoms with van der Waals surface area (Å²) in [7, 11) is 0. The van der Waals surface area contributed by atoms with Crippen LogP contribution in [0.25, 0.3) is 0 Å². The van der Waals surface area contributed by atoms with Crippen molar-refractivity contribution >= 4 is 24.0 Å². The van der Waals surface area contributed by atoms with Gasteiger partial charge in [0.2, 0.25) is 11.8 Å². The van der Waals surface area contributed by atoms with Crippen LogP contribution in [-0.4, -0.2) is 31.0 Å². The summed E-state index contributed by atoms with van der Waals surface area (Å²) in [6, 6.07) is 6.96. The summed E-state index contributed by atoms with van der Waals surface area (Å²) in [5.41, 5.74) is 6.78. The topological polar surface area (TPSA) is 55.6 Å². The van der Waals surface area contributed by atoms with Gasteiger partial charge in [0.15, 0.2) is 0 Å². The molecule has 24 heavy (non-hydrogen) atoms. The number of nitrogens with two attached hydrogens (primary N) is 1. The van der Waals surface area contributed by atoms with Gasteiger partial charge in [-0.25, -0.2) is 8.78 Å². The molecule has 1 saturated heterocycles. The number of ether oxygens (including phenoxy) is 1. The molecule has 1 saturated carbocycles. The Morgan fingerprint density at radius 1 is 1.29 bits per heavy atom. The molecule has 2 N–H and O–H groups in total. The quantitative estimate of drug-likeness (QED) is 0.895. The molecule has 7 heteroatoms. The molecule has 0 unspecified atom stereocenters. The highest BCUT2D eigenvalue weighted by Crippen LogP contribution is 2.36. The van der Waals surface area contributed by atoms with Gasteiger partial charge in [0.1, 0.15) is 5.75 Å². The van der Waals surface area contributed by atoms with Crippen molar-refractivity contribution in [3.8, 4) is 5.75 Å². The number of anilines is 1. The number of alkyl halides is 2. The molecule has 1 aliphatic carbocycles. The maximum Gasteiger partial charge on any atom is 0.248 e. The molecule has 0 bridgehead atoms. The van der Waals surface area contributed by atoms with Gasteiger partial charge in [0.05, 0.1) is 6.61 Å². The molecule has 2 aliphatic rings. The third-order valence-corrected chi connectivity index (χ3v) is 4.70. The van der Waals surface area contributed by atoms with Crippen LogP contribution in [0.5, 0.6) is 5.75 Å². The lowest BCUT2D eigenvalue weighted by atomic mass is 9.83. The molecule has 0 spiro atoms. The number of amides is 1. The van der Waals surface area contributed by atoms with E-state index in [0.29, 0.717) is 18.6 Å². The molecule has 1 aromatic rings. The summed E-state index contributed by atoms with van der Waals surface area (Å²) in [6.07, 6.45) is 1.45. The van der Waals surface area contributed by atoms with Crippen molar-refractivity contribution in [3.05, 3.63) is 24.3 Å². The van der Waals surface area contributed by atoms with Crippen LogP contribution in [0.15, 0.2) is 24.3 Å². The molecule has 1 amide bonds. The van der Waals surface area contributed by atoms with Crippen molar-refractivity contribution in [1.29, 1.82) is 0 Å². The Bertz CT molecular complexity index is 568. The van der Waals surface area contributed by atoms with Crippen LogP contribution in [0.3, 0.4) is 0 Å². The minimum Gasteiger partial charge on any atom is -0.493 e. The normalized spacial score (nSPS) is 26.1. The number of hydrogen-bond donors (Lipinski definition) is 1. The minimum absolute atomic E-state index is 0. The van der Waals surface area contributed by atoms with Crippen molar-refractivity contribution in [2.45, 2.75) is 44.1 Å². The van der Waals surface area contributed by atoms with Crippen molar-refractivity contribution in [2.75, 3.05) is 18.1 Å². The Hall–Kier alpha value is -1.40. The van der Waals surface area contributed by atoms with Crippen LogP contribution in [0.2, 0.25) is 0 Å². The molecule has 1 aliphatic heterocycles. The van der Waals surface area contributed by atoms with Crippen LogP contribution >= 0.6 is 12.4 Å². The maximum atomic E-state index is 13.5. The Morgan fingerprint density at radius 2 is 2.00 bits per heavy atom. The monoisotopic (exact) mass is 360 g/mol. The van der Waals surface area contributed by atoms with Gasteiger partial charge in [-0.05, 0) is 37.1 Å². The predicted molar refractivity (Wildman–Crippen MR) is 91.0 cm³/mol. The van der Waals surface area contributed by atoms with E-state index < -0.39 is 5.92 Å². The zero-order valence-electron chi connectivity index (χ0n) is 13.4. The van der Waals surface area contributed by atoms with Crippen LogP contribution < -0.4 is 15.4 Å². The molecule has 134 valence electrons. The third kappa shape index (κ3) is 4.36. The highest BCUT2D eigenvalue weighted by atomic mass is 35.5. The number of carbonyl (C=O) groups is 1. The van der Waals surface area contributed by atoms with Gasteiger partial charge < -0.3 is 15.4 Å². The van der Waals surface area contributed by atoms with Gasteiger partial charge >= 0.3 is 0 Å². The van der Waals surface area contributed by atoms with Crippen LogP contribution in [0.4, 0.5) is 14.5 Å². The first kappa shape index (κ1) is 18.9. The molecular weight excluding hydrogens is 338 g/mol. The highest BCUT2D eigenvalue weighted by molar-refractivity contribution is 5.95. The van der Waals surface area contributed by atoms with E-state index in [0.717, 1.165) is 18.7 Å². The predicted octanol–water partition coefficient (Wildman–Crippen LogP) is 3.38. The first-order valence-corrected chi connectivity index (χ1v) is 8.11. The van der Waals surface area contributed by atoms with Gasteiger partial charge in [0, 0.05) is 43.5 Å². The number of carbonyl (C=O) groups excluding carboxylic acids is 1. The number of hydrogen-bond acceptors (Lipinski definition) is 3. The molecule has 2 fully saturated rings. The average Bonchev–Trinajstić information content (AvgIpc) is 2.95. The van der Waals surface area contributed by atoms with Gasteiger partial charge in [0.25, 0.3) is 0 Å². The Balaban J connectivity index is 0.00000208. The molecule has 1 heterocycles. The fraction of sp³-hybridized carbons (Fsp3) is 0.588. The van der Waals surface area contributed by atoms with Crippen molar-refractivity contribution in [3.63, 3.8) is 0 Å². The summed E-state index contributed by atoms with van der Waals surface area (Å²) in [6.45, 7) is 0.934. The van der Waals surface area contributed by atoms with Crippen molar-refractivity contribution in [2.24, 2.45) is 11.7 Å². The lowest BCUT2D eigenvalue weighted by Gasteiger charge is -2.33. The van der Waals surface area contributed by atoms with Crippen LogP contribution in [0, 0.1) is 5.92 Å². The van der Waals surface area contributed by atoms with E-state index in [9.17, 15) is 13.6 Å². The van der Waals surface area contributed by atoms with Crippen molar-refractivity contribution in [1.82, 2.24) is 0 Å². The van der Waals surface area contributed by atoms with E-state index in [2.05, 4.69) is 0 Å².